The van der Waals surface area contributed by atoms with Crippen LogP contribution in [0.15, 0.2) is 24.3 Å². The van der Waals surface area contributed by atoms with E-state index in [2.05, 4.69) is 19.2 Å². The van der Waals surface area contributed by atoms with Crippen molar-refractivity contribution in [1.29, 1.82) is 0 Å². The van der Waals surface area contributed by atoms with Crippen LogP contribution in [-0.2, 0) is 9.59 Å². The third kappa shape index (κ3) is 4.42. The van der Waals surface area contributed by atoms with Gasteiger partial charge in [0.1, 0.15) is 12.1 Å². The van der Waals surface area contributed by atoms with Crippen molar-refractivity contribution >= 4 is 17.8 Å². The molecule has 2 atom stereocenters. The highest BCUT2D eigenvalue weighted by Crippen LogP contribution is 2.21. The Morgan fingerprint density at radius 2 is 1.73 bits per heavy atom. The summed E-state index contributed by atoms with van der Waals surface area (Å²) in [6, 6.07) is 5.78. The van der Waals surface area contributed by atoms with Crippen LogP contribution >= 0.6 is 0 Å². The topological polar surface area (TPSA) is 86.7 Å². The summed E-state index contributed by atoms with van der Waals surface area (Å²) in [5.74, 6) is -1.40. The van der Waals surface area contributed by atoms with Crippen molar-refractivity contribution < 1.29 is 19.5 Å². The number of nitrogens with zero attached hydrogens (tertiary/aromatic N) is 1. The normalized spacial score (nSPS) is 18.2. The van der Waals surface area contributed by atoms with E-state index in [0.717, 1.165) is 5.56 Å². The highest BCUT2D eigenvalue weighted by Gasteiger charge is 2.38. The number of hydrogen-bond acceptors (Lipinski definition) is 3. The minimum absolute atomic E-state index is 0.142. The van der Waals surface area contributed by atoms with Crippen LogP contribution < -0.4 is 5.32 Å². The minimum Gasteiger partial charge on any atom is -0.480 e. The van der Waals surface area contributed by atoms with Crippen molar-refractivity contribution in [2.24, 2.45) is 5.92 Å². The maximum Gasteiger partial charge on any atom is 0.326 e. The van der Waals surface area contributed by atoms with Crippen LogP contribution in [0.1, 0.15) is 62.4 Å². The van der Waals surface area contributed by atoms with E-state index in [0.29, 0.717) is 30.9 Å². The Kier molecular flexibility index (Phi) is 6.40. The molecule has 2 rings (SSSR count). The molecule has 142 valence electrons. The summed E-state index contributed by atoms with van der Waals surface area (Å²) < 4.78 is 0. The molecule has 0 bridgehead atoms. The molecule has 1 heterocycles. The number of likely N-dealkylation sites (tertiary alicyclic amines) is 1. The number of hydrogen-bond donors (Lipinski definition) is 2. The molecule has 1 saturated heterocycles. The molecule has 0 spiro atoms. The van der Waals surface area contributed by atoms with Gasteiger partial charge in [-0.25, -0.2) is 4.79 Å². The number of aliphatic carboxylic acids is 1. The van der Waals surface area contributed by atoms with Gasteiger partial charge in [0.2, 0.25) is 5.91 Å². The van der Waals surface area contributed by atoms with Gasteiger partial charge in [0.15, 0.2) is 0 Å². The van der Waals surface area contributed by atoms with Crippen molar-refractivity contribution in [3.8, 4) is 0 Å². The van der Waals surface area contributed by atoms with E-state index in [4.69, 9.17) is 0 Å². The molecule has 1 aromatic carbocycles. The monoisotopic (exact) mass is 360 g/mol. The van der Waals surface area contributed by atoms with Gasteiger partial charge < -0.3 is 15.3 Å². The number of nitrogens with one attached hydrogen (secondary N) is 1. The Morgan fingerprint density at radius 3 is 2.23 bits per heavy atom. The number of carbonyl (C=O) groups excluding carboxylic acids is 2. The third-order valence-electron chi connectivity index (χ3n) is 4.88. The first-order valence-electron chi connectivity index (χ1n) is 9.16. The summed E-state index contributed by atoms with van der Waals surface area (Å²) >= 11 is 0. The molecular weight excluding hydrogens is 332 g/mol. The van der Waals surface area contributed by atoms with Crippen LogP contribution in [0.25, 0.3) is 0 Å². The van der Waals surface area contributed by atoms with E-state index in [1.165, 1.54) is 4.90 Å². The zero-order valence-corrected chi connectivity index (χ0v) is 15.9. The number of benzene rings is 1. The van der Waals surface area contributed by atoms with E-state index >= 15 is 0 Å². The average molecular weight is 360 g/mol. The Bertz CT molecular complexity index is 667. The number of carbonyl (C=O) groups is 3. The summed E-state index contributed by atoms with van der Waals surface area (Å²) in [4.78, 5) is 38.2. The smallest absolute Gasteiger partial charge is 0.326 e. The van der Waals surface area contributed by atoms with Crippen LogP contribution in [0.3, 0.4) is 0 Å². The van der Waals surface area contributed by atoms with Crippen molar-refractivity contribution in [3.05, 3.63) is 35.4 Å². The summed E-state index contributed by atoms with van der Waals surface area (Å²) in [5.41, 5.74) is 1.63. The second-order valence-electron chi connectivity index (χ2n) is 7.50. The predicted octanol–water partition coefficient (Wildman–Crippen LogP) is 2.64. The molecule has 26 heavy (non-hydrogen) atoms. The molecule has 0 aromatic heterocycles. The number of amides is 2. The van der Waals surface area contributed by atoms with Crippen molar-refractivity contribution in [2.75, 3.05) is 6.54 Å². The van der Waals surface area contributed by atoms with E-state index < -0.39 is 18.1 Å². The zero-order valence-electron chi connectivity index (χ0n) is 15.9. The average Bonchev–Trinajstić information content (AvgIpc) is 3.08. The number of carboxylic acid groups (broad SMARTS) is 1. The van der Waals surface area contributed by atoms with Gasteiger partial charge in [-0.05, 0) is 42.4 Å². The molecule has 6 heteroatoms. The molecule has 1 aliphatic rings. The van der Waals surface area contributed by atoms with Gasteiger partial charge >= 0.3 is 5.97 Å². The fourth-order valence-electron chi connectivity index (χ4n) is 3.22. The summed E-state index contributed by atoms with van der Waals surface area (Å²) in [6.07, 6.45) is 1.12. The zero-order chi connectivity index (χ0) is 19.4. The fraction of sp³-hybridized carbons (Fsp3) is 0.550. The molecule has 2 amide bonds. The van der Waals surface area contributed by atoms with Crippen LogP contribution in [0.5, 0.6) is 0 Å². The standard InChI is InChI=1S/C20H28N2O4/c1-12(2)14-7-9-15(10-8-14)18(23)21-17(13(3)4)19(24)22-11-5-6-16(22)20(25)26/h7-10,12-13,16-17H,5-6,11H2,1-4H3,(H,21,23)(H,25,26)/t16-,17-/m0/s1. The van der Waals surface area contributed by atoms with Crippen molar-refractivity contribution in [1.82, 2.24) is 10.2 Å². The van der Waals surface area contributed by atoms with Crippen LogP contribution in [0, 0.1) is 5.92 Å². The second-order valence-corrected chi connectivity index (χ2v) is 7.50. The molecule has 2 N–H and O–H groups in total. The Balaban J connectivity index is 2.13. The first-order valence-corrected chi connectivity index (χ1v) is 9.16. The third-order valence-corrected chi connectivity index (χ3v) is 4.88. The van der Waals surface area contributed by atoms with Crippen molar-refractivity contribution in [3.63, 3.8) is 0 Å². The molecule has 0 saturated carbocycles. The Hall–Kier alpha value is -2.37. The van der Waals surface area contributed by atoms with Crippen molar-refractivity contribution in [2.45, 2.75) is 58.5 Å². The molecule has 1 fully saturated rings. The maximum absolute atomic E-state index is 12.9. The van der Waals surface area contributed by atoms with Crippen LogP contribution in [-0.4, -0.2) is 46.4 Å². The molecule has 0 radical (unpaired) electrons. The summed E-state index contributed by atoms with van der Waals surface area (Å²) in [6.45, 7) is 8.26. The highest BCUT2D eigenvalue weighted by molar-refractivity contribution is 5.98. The predicted molar refractivity (Wildman–Crippen MR) is 99.0 cm³/mol. The van der Waals surface area contributed by atoms with Crippen LogP contribution in [0.4, 0.5) is 0 Å². The second kappa shape index (κ2) is 8.34. The number of rotatable bonds is 6. The quantitative estimate of drug-likeness (QED) is 0.816. The fourth-order valence-corrected chi connectivity index (χ4v) is 3.22. The lowest BCUT2D eigenvalue weighted by Crippen LogP contribution is -2.53. The molecule has 0 aliphatic carbocycles. The molecule has 1 aliphatic heterocycles. The number of carboxylic acids is 1. The summed E-state index contributed by atoms with van der Waals surface area (Å²) in [5, 5.41) is 12.1. The van der Waals surface area contributed by atoms with E-state index in [1.54, 1.807) is 12.1 Å². The van der Waals surface area contributed by atoms with Gasteiger partial charge in [0.05, 0.1) is 0 Å². The lowest BCUT2D eigenvalue weighted by Gasteiger charge is -2.29. The molecule has 6 nitrogen and oxygen atoms in total. The largest absolute Gasteiger partial charge is 0.480 e. The maximum atomic E-state index is 12.9. The van der Waals surface area contributed by atoms with Gasteiger partial charge in [-0.15, -0.1) is 0 Å². The lowest BCUT2D eigenvalue weighted by atomic mass is 10.00. The van der Waals surface area contributed by atoms with Gasteiger partial charge in [0.25, 0.3) is 5.91 Å². The van der Waals surface area contributed by atoms with Gasteiger partial charge in [-0.1, -0.05) is 39.8 Å². The molecular formula is C20H28N2O4. The molecule has 1 aromatic rings. The minimum atomic E-state index is -0.992. The van der Waals surface area contributed by atoms with Gasteiger partial charge in [0, 0.05) is 12.1 Å². The SMILES string of the molecule is CC(C)c1ccc(C(=O)N[C@H](C(=O)N2CCC[C@H]2C(=O)O)C(C)C)cc1. The first kappa shape index (κ1) is 19.9. The van der Waals surface area contributed by atoms with Gasteiger partial charge in [-0.3, -0.25) is 9.59 Å². The Labute approximate surface area is 154 Å². The summed E-state index contributed by atoms with van der Waals surface area (Å²) in [7, 11) is 0. The lowest BCUT2D eigenvalue weighted by molar-refractivity contribution is -0.149. The van der Waals surface area contributed by atoms with E-state index in [9.17, 15) is 19.5 Å². The molecule has 0 unspecified atom stereocenters. The first-order chi connectivity index (χ1) is 12.2. The Morgan fingerprint density at radius 1 is 1.12 bits per heavy atom. The van der Waals surface area contributed by atoms with E-state index in [-0.39, 0.29) is 17.7 Å². The van der Waals surface area contributed by atoms with Crippen LogP contribution in [0.2, 0.25) is 0 Å². The van der Waals surface area contributed by atoms with E-state index in [1.807, 2.05) is 26.0 Å². The van der Waals surface area contributed by atoms with Gasteiger partial charge in [-0.2, -0.15) is 0 Å². The highest BCUT2D eigenvalue weighted by atomic mass is 16.4.